The number of allylic oxidation sites excluding steroid dienone is 2. The molecule has 0 aliphatic carbocycles. The van der Waals surface area contributed by atoms with Gasteiger partial charge in [0.15, 0.2) is 5.70 Å². The van der Waals surface area contributed by atoms with Crippen LogP contribution in [0.15, 0.2) is 48.2 Å². The molecule has 0 fully saturated rings. The van der Waals surface area contributed by atoms with Gasteiger partial charge in [-0.1, -0.05) is 18.2 Å². The highest BCUT2D eigenvalue weighted by Crippen LogP contribution is 2.27. The first-order valence-corrected chi connectivity index (χ1v) is 10.1. The predicted molar refractivity (Wildman–Crippen MR) is 131 cm³/mol. The van der Waals surface area contributed by atoms with E-state index in [1.165, 1.54) is 0 Å². The van der Waals surface area contributed by atoms with E-state index in [-0.39, 0.29) is 9.41 Å². The van der Waals surface area contributed by atoms with Crippen molar-refractivity contribution in [3.63, 3.8) is 0 Å². The Morgan fingerprint density at radius 3 is 2.56 bits per heavy atom. The van der Waals surface area contributed by atoms with Crippen LogP contribution in [-0.2, 0) is 0 Å². The SMILES string of the molecule is F.F.[B][N+]1=CC=CC1=C(CCN)c1[nH]c(/C=C/c2ccc(N(C)CCC#N)cc2)cc1C. The largest absolute Gasteiger partial charge is 0.586 e. The highest BCUT2D eigenvalue weighted by Gasteiger charge is 2.20. The van der Waals surface area contributed by atoms with Gasteiger partial charge in [0.05, 0.1) is 18.2 Å². The zero-order chi connectivity index (χ0) is 21.5. The Morgan fingerprint density at radius 1 is 1.25 bits per heavy atom. The second-order valence-corrected chi connectivity index (χ2v) is 7.36. The highest BCUT2D eigenvalue weighted by molar-refractivity contribution is 6.01. The van der Waals surface area contributed by atoms with Crippen molar-refractivity contribution in [2.24, 2.45) is 5.73 Å². The number of nitriles is 1. The van der Waals surface area contributed by atoms with Crippen molar-refractivity contribution >= 4 is 37.6 Å². The van der Waals surface area contributed by atoms with Crippen LogP contribution >= 0.6 is 0 Å². The fourth-order valence-corrected chi connectivity index (χ4v) is 3.54. The molecule has 0 amide bonds. The Hall–Kier alpha value is -3.44. The predicted octanol–water partition coefficient (Wildman–Crippen LogP) is 3.94. The van der Waals surface area contributed by atoms with Crippen LogP contribution in [0.3, 0.4) is 0 Å². The number of aromatic amines is 1. The number of nitrogens with two attached hydrogens (primary N) is 1. The molecule has 0 saturated heterocycles. The Bertz CT molecular complexity index is 1060. The second kappa shape index (κ2) is 12.4. The maximum Gasteiger partial charge on any atom is 0.586 e. The van der Waals surface area contributed by atoms with E-state index in [1.807, 2.05) is 25.4 Å². The average molecular weight is 436 g/mol. The van der Waals surface area contributed by atoms with E-state index < -0.39 is 0 Å². The van der Waals surface area contributed by atoms with E-state index >= 15 is 0 Å². The van der Waals surface area contributed by atoms with Crippen LogP contribution in [0.4, 0.5) is 15.1 Å². The van der Waals surface area contributed by atoms with E-state index in [0.29, 0.717) is 13.0 Å². The summed E-state index contributed by atoms with van der Waals surface area (Å²) in [5.74, 6) is 0. The molecule has 1 aliphatic heterocycles. The van der Waals surface area contributed by atoms with Gasteiger partial charge in [-0.3, -0.25) is 13.9 Å². The number of halogens is 2. The molecule has 0 unspecified atom stereocenters. The number of benzene rings is 1. The van der Waals surface area contributed by atoms with Gasteiger partial charge < -0.3 is 15.6 Å². The Morgan fingerprint density at radius 2 is 1.97 bits per heavy atom. The molecule has 2 radical (unpaired) electrons. The van der Waals surface area contributed by atoms with E-state index in [9.17, 15) is 0 Å². The van der Waals surface area contributed by atoms with E-state index in [1.54, 1.807) is 4.49 Å². The quantitative estimate of drug-likeness (QED) is 0.616. The summed E-state index contributed by atoms with van der Waals surface area (Å²) < 4.78 is 1.63. The number of rotatable bonds is 8. The number of nitrogens with one attached hydrogen (secondary N) is 1. The van der Waals surface area contributed by atoms with Gasteiger partial charge in [0.1, 0.15) is 6.21 Å². The molecule has 1 aromatic heterocycles. The average Bonchev–Trinajstić information content (AvgIpc) is 3.34. The molecule has 0 bridgehead atoms. The third-order valence-electron chi connectivity index (χ3n) is 5.17. The lowest BCUT2D eigenvalue weighted by atomic mass is 10.0. The lowest BCUT2D eigenvalue weighted by Gasteiger charge is -2.17. The maximum absolute atomic E-state index is 8.73. The van der Waals surface area contributed by atoms with Gasteiger partial charge in [0, 0.05) is 42.7 Å². The third-order valence-corrected chi connectivity index (χ3v) is 5.17. The molecule has 0 atom stereocenters. The van der Waals surface area contributed by atoms with Crippen LogP contribution in [0, 0.1) is 18.3 Å². The number of aryl methyl sites for hydroxylation is 1. The van der Waals surface area contributed by atoms with Gasteiger partial charge in [0.25, 0.3) is 0 Å². The number of nitrogens with zero attached hydrogens (tertiary/aromatic N) is 3. The first kappa shape index (κ1) is 26.6. The van der Waals surface area contributed by atoms with E-state index in [4.69, 9.17) is 19.0 Å². The van der Waals surface area contributed by atoms with Gasteiger partial charge in [-0.15, -0.1) is 0 Å². The number of aromatic nitrogens is 1. The maximum atomic E-state index is 8.73. The van der Waals surface area contributed by atoms with Crippen LogP contribution < -0.4 is 10.6 Å². The van der Waals surface area contributed by atoms with Gasteiger partial charge >= 0.3 is 7.98 Å². The molecular weight excluding hydrogens is 407 g/mol. The molecule has 8 heteroatoms. The summed E-state index contributed by atoms with van der Waals surface area (Å²) in [4.78, 5) is 5.60. The Balaban J connectivity index is 0.00000256. The molecule has 2 heterocycles. The summed E-state index contributed by atoms with van der Waals surface area (Å²) in [5.41, 5.74) is 13.4. The minimum absolute atomic E-state index is 0. The standard InChI is InChI=1S/C24H27BN5.2FH/c1-18-17-20(28-24(18)22(12-14-27)23-5-3-16-30(23)25)9-6-19-7-10-21(11-8-19)29(2)15-4-13-26;;/h3,5-11,16-17,28H,4,12,14-15,27H2,1-2H3;2*1H/q+1;;. The molecule has 32 heavy (non-hydrogen) atoms. The van der Waals surface area contributed by atoms with Crippen molar-refractivity contribution in [1.82, 2.24) is 4.98 Å². The number of hydrogen-bond acceptors (Lipinski definition) is 3. The lowest BCUT2D eigenvalue weighted by molar-refractivity contribution is -0.294. The van der Waals surface area contributed by atoms with Gasteiger partial charge in [0.2, 0.25) is 0 Å². The van der Waals surface area contributed by atoms with Crippen molar-refractivity contribution in [1.29, 1.82) is 5.26 Å². The van der Waals surface area contributed by atoms with Gasteiger partial charge in [-0.25, -0.2) is 0 Å². The summed E-state index contributed by atoms with van der Waals surface area (Å²) in [5, 5.41) is 8.73. The Kier molecular flexibility index (Phi) is 10.3. The molecule has 3 rings (SSSR count). The van der Waals surface area contributed by atoms with E-state index in [2.05, 4.69) is 65.4 Å². The minimum Gasteiger partial charge on any atom is -0.374 e. The second-order valence-electron chi connectivity index (χ2n) is 7.36. The first-order chi connectivity index (χ1) is 14.5. The van der Waals surface area contributed by atoms with Crippen molar-refractivity contribution in [3.05, 3.63) is 70.7 Å². The van der Waals surface area contributed by atoms with Crippen LogP contribution in [-0.4, -0.2) is 43.8 Å². The molecule has 5 nitrogen and oxygen atoms in total. The molecule has 1 aliphatic rings. The van der Waals surface area contributed by atoms with Crippen LogP contribution in [0.25, 0.3) is 17.7 Å². The number of anilines is 1. The Labute approximate surface area is 189 Å². The summed E-state index contributed by atoms with van der Waals surface area (Å²) in [7, 11) is 8.07. The molecule has 166 valence electrons. The van der Waals surface area contributed by atoms with Gasteiger partial charge in [-0.2, -0.15) is 5.26 Å². The molecule has 0 spiro atoms. The van der Waals surface area contributed by atoms with Crippen molar-refractivity contribution < 1.29 is 13.9 Å². The van der Waals surface area contributed by atoms with E-state index in [0.717, 1.165) is 52.4 Å². The zero-order valence-corrected chi connectivity index (χ0v) is 18.4. The molecule has 1 aromatic carbocycles. The van der Waals surface area contributed by atoms with Gasteiger partial charge in [-0.05, 0) is 55.3 Å². The first-order valence-electron chi connectivity index (χ1n) is 10.1. The fourth-order valence-electron chi connectivity index (χ4n) is 3.54. The van der Waals surface area contributed by atoms with Crippen molar-refractivity contribution in [2.45, 2.75) is 19.8 Å². The number of H-pyrrole nitrogens is 1. The topological polar surface area (TPSA) is 71.8 Å². The smallest absolute Gasteiger partial charge is 0.374 e. The third kappa shape index (κ3) is 6.28. The molecular formula is C24H29BF2N5+. The van der Waals surface area contributed by atoms with Crippen LogP contribution in [0.5, 0.6) is 0 Å². The molecule has 0 saturated carbocycles. The fraction of sp³-hybridized carbons (Fsp3) is 0.250. The zero-order valence-electron chi connectivity index (χ0n) is 18.4. The van der Waals surface area contributed by atoms with Crippen LogP contribution in [0.2, 0.25) is 0 Å². The summed E-state index contributed by atoms with van der Waals surface area (Å²) in [6.07, 6.45) is 11.2. The van der Waals surface area contributed by atoms with Crippen LogP contribution in [0.1, 0.15) is 35.4 Å². The molecule has 3 N–H and O–H groups in total. The highest BCUT2D eigenvalue weighted by atomic mass is 19.0. The summed E-state index contributed by atoms with van der Waals surface area (Å²) in [6, 6.07) is 12.6. The summed E-state index contributed by atoms with van der Waals surface area (Å²) >= 11 is 0. The normalized spacial score (nSPS) is 13.9. The monoisotopic (exact) mass is 436 g/mol. The summed E-state index contributed by atoms with van der Waals surface area (Å²) in [6.45, 7) is 3.37. The van der Waals surface area contributed by atoms with Crippen molar-refractivity contribution in [3.8, 4) is 6.07 Å². The number of hydrogen-bond donors (Lipinski definition) is 2. The molecule has 2 aromatic rings. The minimum atomic E-state index is 0. The lowest BCUT2D eigenvalue weighted by Crippen LogP contribution is -2.17. The van der Waals surface area contributed by atoms with Crippen molar-refractivity contribution in [2.75, 3.05) is 25.0 Å².